The third-order valence-corrected chi connectivity index (χ3v) is 3.96. The van der Waals surface area contributed by atoms with E-state index in [-0.39, 0.29) is 0 Å². The molecule has 124 valence electrons. The minimum Gasteiger partial charge on any atom is -0.352 e. The maximum atomic E-state index is 7.15. The van der Waals surface area contributed by atoms with E-state index in [0.717, 1.165) is 0 Å². The predicted octanol–water partition coefficient (Wildman–Crippen LogP) is 5.43. The molecule has 0 fully saturated rings. The fraction of sp³-hybridized carbons (Fsp3) is 0.143. The zero-order valence-electron chi connectivity index (χ0n) is 14.2. The number of hydrogen-bond donors (Lipinski definition) is 2. The van der Waals surface area contributed by atoms with Gasteiger partial charge in [0.15, 0.2) is 0 Å². The Morgan fingerprint density at radius 1 is 0.667 bits per heavy atom. The Hall–Kier alpha value is -1.99. The second kappa shape index (κ2) is 8.75. The summed E-state index contributed by atoms with van der Waals surface area (Å²) in [5.41, 5.74) is 9.26. The quantitative estimate of drug-likeness (QED) is 0.612. The fourth-order valence-corrected chi connectivity index (χ4v) is 3.18. The summed E-state index contributed by atoms with van der Waals surface area (Å²) in [4.78, 5) is 14.3. The summed E-state index contributed by atoms with van der Waals surface area (Å²) in [6.45, 7) is 6.57. The minimum absolute atomic E-state index is 0.917. The molecule has 2 N–H and O–H groups in total. The van der Waals surface area contributed by atoms with Crippen LogP contribution in [0.4, 0.5) is 0 Å². The van der Waals surface area contributed by atoms with Crippen molar-refractivity contribution in [3.8, 4) is 22.3 Å². The van der Waals surface area contributed by atoms with Crippen molar-refractivity contribution in [3.63, 3.8) is 0 Å². The Kier molecular flexibility index (Phi) is 6.69. The molecule has 24 heavy (non-hydrogen) atoms. The standard InChI is InChI=1S/C21H20.H3O2P/c1-15-13-16(2)21(17(3)14-15)20-12-8-7-11-19(20)18-9-5-4-6-10-18;1-3-2/h4-14H,1-3H3;1-3H. The summed E-state index contributed by atoms with van der Waals surface area (Å²) in [6.07, 6.45) is 0. The van der Waals surface area contributed by atoms with E-state index in [0.29, 0.717) is 0 Å². The van der Waals surface area contributed by atoms with Crippen molar-refractivity contribution in [1.29, 1.82) is 0 Å². The van der Waals surface area contributed by atoms with Crippen molar-refractivity contribution in [2.75, 3.05) is 0 Å². The Morgan fingerprint density at radius 2 is 1.12 bits per heavy atom. The lowest BCUT2D eigenvalue weighted by Gasteiger charge is -2.16. The molecule has 0 aromatic heterocycles. The molecule has 0 radical (unpaired) electrons. The van der Waals surface area contributed by atoms with E-state index in [4.69, 9.17) is 9.79 Å². The fourth-order valence-electron chi connectivity index (χ4n) is 3.18. The van der Waals surface area contributed by atoms with Crippen molar-refractivity contribution in [3.05, 3.63) is 83.4 Å². The Bertz CT molecular complexity index is 775. The van der Waals surface area contributed by atoms with E-state index < -0.39 is 9.03 Å². The minimum atomic E-state index is -0.917. The highest BCUT2D eigenvalue weighted by Gasteiger charge is 2.11. The molecule has 0 amide bonds. The highest BCUT2D eigenvalue weighted by atomic mass is 31.1. The van der Waals surface area contributed by atoms with Gasteiger partial charge in [-0.3, -0.25) is 0 Å². The van der Waals surface area contributed by atoms with Crippen LogP contribution >= 0.6 is 9.03 Å². The van der Waals surface area contributed by atoms with Gasteiger partial charge in [-0.2, -0.15) is 0 Å². The molecular weight excluding hydrogens is 315 g/mol. The zero-order chi connectivity index (χ0) is 17.5. The van der Waals surface area contributed by atoms with Crippen molar-refractivity contribution in [2.24, 2.45) is 0 Å². The lowest BCUT2D eigenvalue weighted by atomic mass is 9.88. The van der Waals surface area contributed by atoms with Gasteiger partial charge in [0, 0.05) is 0 Å². The topological polar surface area (TPSA) is 40.5 Å². The van der Waals surface area contributed by atoms with E-state index in [1.807, 2.05) is 0 Å². The van der Waals surface area contributed by atoms with Gasteiger partial charge in [0.1, 0.15) is 9.03 Å². The SMILES string of the molecule is Cc1cc(C)c(-c2ccccc2-c2ccccc2)c(C)c1.OPO. The predicted molar refractivity (Wildman–Crippen MR) is 104 cm³/mol. The van der Waals surface area contributed by atoms with E-state index in [1.165, 1.54) is 38.9 Å². The normalized spacial score (nSPS) is 10.0. The van der Waals surface area contributed by atoms with Gasteiger partial charge in [-0.05, 0) is 54.2 Å². The molecule has 3 rings (SSSR count). The maximum Gasteiger partial charge on any atom is 0.149 e. The number of aryl methyl sites for hydroxylation is 3. The first-order valence-corrected chi connectivity index (χ1v) is 8.73. The molecule has 0 bridgehead atoms. The van der Waals surface area contributed by atoms with Crippen molar-refractivity contribution in [1.82, 2.24) is 0 Å². The van der Waals surface area contributed by atoms with Crippen LogP contribution in [0.3, 0.4) is 0 Å². The third-order valence-electron chi connectivity index (χ3n) is 3.96. The van der Waals surface area contributed by atoms with Crippen LogP contribution in [-0.2, 0) is 0 Å². The van der Waals surface area contributed by atoms with Crippen LogP contribution in [0.15, 0.2) is 66.7 Å². The first-order valence-electron chi connectivity index (χ1n) is 7.84. The molecule has 0 heterocycles. The number of hydrogen-bond acceptors (Lipinski definition) is 2. The van der Waals surface area contributed by atoms with Crippen molar-refractivity contribution in [2.45, 2.75) is 20.8 Å². The van der Waals surface area contributed by atoms with Crippen molar-refractivity contribution >= 4 is 9.03 Å². The van der Waals surface area contributed by atoms with E-state index in [1.54, 1.807) is 0 Å². The Morgan fingerprint density at radius 3 is 1.67 bits per heavy atom. The van der Waals surface area contributed by atoms with Gasteiger partial charge >= 0.3 is 0 Å². The first-order chi connectivity index (χ1) is 11.6. The molecule has 0 aliphatic rings. The van der Waals surface area contributed by atoms with Crippen LogP contribution in [0.2, 0.25) is 0 Å². The lowest BCUT2D eigenvalue weighted by Crippen LogP contribution is -1.92. The van der Waals surface area contributed by atoms with Crippen LogP contribution < -0.4 is 0 Å². The zero-order valence-corrected chi connectivity index (χ0v) is 15.2. The second-order valence-corrected chi connectivity index (χ2v) is 5.99. The van der Waals surface area contributed by atoms with Gasteiger partial charge in [-0.25, -0.2) is 0 Å². The number of rotatable bonds is 2. The molecule has 3 aromatic carbocycles. The third kappa shape index (κ3) is 4.30. The maximum absolute atomic E-state index is 7.15. The smallest absolute Gasteiger partial charge is 0.149 e. The molecule has 2 nitrogen and oxygen atoms in total. The van der Waals surface area contributed by atoms with Crippen LogP contribution in [0, 0.1) is 20.8 Å². The van der Waals surface area contributed by atoms with E-state index in [2.05, 4.69) is 87.5 Å². The molecule has 0 saturated carbocycles. The highest BCUT2D eigenvalue weighted by Crippen LogP contribution is 2.36. The van der Waals surface area contributed by atoms with Gasteiger partial charge in [-0.15, -0.1) is 0 Å². The van der Waals surface area contributed by atoms with Crippen LogP contribution in [0.5, 0.6) is 0 Å². The summed E-state index contributed by atoms with van der Waals surface area (Å²) in [5.74, 6) is 0. The Labute approximate surface area is 145 Å². The van der Waals surface area contributed by atoms with E-state index >= 15 is 0 Å². The highest BCUT2D eigenvalue weighted by molar-refractivity contribution is 7.23. The lowest BCUT2D eigenvalue weighted by molar-refractivity contribution is 0.513. The van der Waals surface area contributed by atoms with Crippen LogP contribution in [0.25, 0.3) is 22.3 Å². The first kappa shape index (κ1) is 18.4. The molecule has 0 saturated heterocycles. The van der Waals surface area contributed by atoms with E-state index in [9.17, 15) is 0 Å². The summed E-state index contributed by atoms with van der Waals surface area (Å²) in [5, 5.41) is 0. The van der Waals surface area contributed by atoms with Crippen molar-refractivity contribution < 1.29 is 9.79 Å². The molecule has 0 unspecified atom stereocenters. The van der Waals surface area contributed by atoms with Crippen LogP contribution in [-0.4, -0.2) is 9.79 Å². The molecule has 3 heteroatoms. The molecule has 0 aliphatic carbocycles. The van der Waals surface area contributed by atoms with Crippen LogP contribution in [0.1, 0.15) is 16.7 Å². The second-order valence-electron chi connectivity index (χ2n) is 5.79. The van der Waals surface area contributed by atoms with Gasteiger partial charge < -0.3 is 9.79 Å². The molecule has 0 spiro atoms. The molecule has 3 aromatic rings. The summed E-state index contributed by atoms with van der Waals surface area (Å²) >= 11 is 0. The average molecular weight is 338 g/mol. The summed E-state index contributed by atoms with van der Waals surface area (Å²) in [7, 11) is -0.917. The Balaban J connectivity index is 0.000000647. The van der Waals surface area contributed by atoms with Gasteiger partial charge in [-0.1, -0.05) is 72.3 Å². The monoisotopic (exact) mass is 338 g/mol. The summed E-state index contributed by atoms with van der Waals surface area (Å²) < 4.78 is 0. The average Bonchev–Trinajstić information content (AvgIpc) is 2.56. The van der Waals surface area contributed by atoms with Gasteiger partial charge in [0.2, 0.25) is 0 Å². The molecule has 0 atom stereocenters. The summed E-state index contributed by atoms with van der Waals surface area (Å²) in [6, 6.07) is 23.8. The van der Waals surface area contributed by atoms with Gasteiger partial charge in [0.05, 0.1) is 0 Å². The van der Waals surface area contributed by atoms with Gasteiger partial charge in [0.25, 0.3) is 0 Å². The number of benzene rings is 3. The largest absolute Gasteiger partial charge is 0.352 e. The molecular formula is C21H23O2P. The molecule has 0 aliphatic heterocycles.